The van der Waals surface area contributed by atoms with Crippen LogP contribution in [0.1, 0.15) is 39.5 Å². The summed E-state index contributed by atoms with van der Waals surface area (Å²) in [6.07, 6.45) is 4.52. The number of likely N-dealkylation sites (N-methyl/N-ethyl adjacent to an activating group) is 1. The highest BCUT2D eigenvalue weighted by Gasteiger charge is 2.28. The molecule has 4 nitrogen and oxygen atoms in total. The molecular weight excluding hydrogens is 252 g/mol. The molecule has 1 aliphatic heterocycles. The van der Waals surface area contributed by atoms with Crippen LogP contribution >= 0.6 is 12.4 Å². The minimum Gasteiger partial charge on any atom is -0.378 e. The van der Waals surface area contributed by atoms with Gasteiger partial charge in [-0.3, -0.25) is 4.79 Å². The molecule has 1 saturated heterocycles. The van der Waals surface area contributed by atoms with Crippen molar-refractivity contribution in [1.29, 1.82) is 0 Å². The molecule has 1 amide bonds. The van der Waals surface area contributed by atoms with Gasteiger partial charge in [-0.25, -0.2) is 0 Å². The summed E-state index contributed by atoms with van der Waals surface area (Å²) in [6, 6.07) is 0.287. The average Bonchev–Trinajstić information content (AvgIpc) is 2.31. The molecule has 0 saturated carbocycles. The van der Waals surface area contributed by atoms with Crippen LogP contribution in [0, 0.1) is 5.92 Å². The Bertz CT molecular complexity index is 235. The predicted octanol–water partition coefficient (Wildman–Crippen LogP) is 1.73. The summed E-state index contributed by atoms with van der Waals surface area (Å²) in [6.45, 7) is 5.58. The fourth-order valence-electron chi connectivity index (χ4n) is 2.54. The van der Waals surface area contributed by atoms with Crippen LogP contribution in [0.4, 0.5) is 0 Å². The van der Waals surface area contributed by atoms with Gasteiger partial charge in [0.25, 0.3) is 0 Å². The maximum Gasteiger partial charge on any atom is 0.234 e. The van der Waals surface area contributed by atoms with Gasteiger partial charge in [-0.1, -0.05) is 26.7 Å². The van der Waals surface area contributed by atoms with Gasteiger partial charge in [0, 0.05) is 12.6 Å². The highest BCUT2D eigenvalue weighted by atomic mass is 35.5. The van der Waals surface area contributed by atoms with Crippen LogP contribution in [0.25, 0.3) is 0 Å². The standard InChI is InChI=1S/C13H26N2O2.ClH/c1-4-10(5-2)12-8-11(6-7-17-12)15-13(16)9-14-3;/h10-12,14H,4-9H2,1-3H3,(H,15,16);1H. The molecule has 0 spiro atoms. The van der Waals surface area contributed by atoms with Crippen LogP contribution in [0.2, 0.25) is 0 Å². The summed E-state index contributed by atoms with van der Waals surface area (Å²) in [5.74, 6) is 0.710. The summed E-state index contributed by atoms with van der Waals surface area (Å²) in [5.41, 5.74) is 0. The topological polar surface area (TPSA) is 50.4 Å². The number of hydrogen-bond acceptors (Lipinski definition) is 3. The van der Waals surface area contributed by atoms with Crippen molar-refractivity contribution in [1.82, 2.24) is 10.6 Å². The zero-order valence-corrected chi connectivity index (χ0v) is 12.5. The smallest absolute Gasteiger partial charge is 0.234 e. The third-order valence-electron chi connectivity index (χ3n) is 3.59. The second kappa shape index (κ2) is 9.59. The maximum absolute atomic E-state index is 11.5. The zero-order valence-electron chi connectivity index (χ0n) is 11.7. The van der Waals surface area contributed by atoms with Crippen molar-refractivity contribution in [3.63, 3.8) is 0 Å². The first-order chi connectivity index (χ1) is 8.21. The van der Waals surface area contributed by atoms with E-state index in [9.17, 15) is 4.79 Å². The Morgan fingerprint density at radius 3 is 2.61 bits per heavy atom. The molecule has 2 N–H and O–H groups in total. The monoisotopic (exact) mass is 278 g/mol. The van der Waals surface area contributed by atoms with Crippen molar-refractivity contribution in [2.45, 2.75) is 51.7 Å². The Labute approximate surface area is 117 Å². The molecule has 1 fully saturated rings. The highest BCUT2D eigenvalue weighted by Crippen LogP contribution is 2.25. The maximum atomic E-state index is 11.5. The Kier molecular flexibility index (Phi) is 9.42. The van der Waals surface area contributed by atoms with Crippen molar-refractivity contribution in [2.75, 3.05) is 20.2 Å². The van der Waals surface area contributed by atoms with Crippen LogP contribution in [-0.2, 0) is 9.53 Å². The number of halogens is 1. The molecule has 2 unspecified atom stereocenters. The Morgan fingerprint density at radius 2 is 2.06 bits per heavy atom. The molecule has 5 heteroatoms. The lowest BCUT2D eigenvalue weighted by molar-refractivity contribution is -0.122. The molecule has 1 heterocycles. The van der Waals surface area contributed by atoms with Crippen LogP contribution in [0.5, 0.6) is 0 Å². The van der Waals surface area contributed by atoms with Crippen LogP contribution in [-0.4, -0.2) is 38.3 Å². The van der Waals surface area contributed by atoms with E-state index < -0.39 is 0 Å². The normalized spacial score (nSPS) is 23.6. The van der Waals surface area contributed by atoms with Gasteiger partial charge in [-0.15, -0.1) is 12.4 Å². The van der Waals surface area contributed by atoms with Crippen LogP contribution in [0.15, 0.2) is 0 Å². The minimum atomic E-state index is 0. The second-order valence-electron chi connectivity index (χ2n) is 4.80. The quantitative estimate of drug-likeness (QED) is 0.778. The van der Waals surface area contributed by atoms with Crippen LogP contribution < -0.4 is 10.6 Å². The molecule has 0 aromatic carbocycles. The third kappa shape index (κ3) is 5.55. The highest BCUT2D eigenvalue weighted by molar-refractivity contribution is 5.85. The van der Waals surface area contributed by atoms with Gasteiger partial charge in [0.15, 0.2) is 0 Å². The molecule has 18 heavy (non-hydrogen) atoms. The summed E-state index contributed by atoms with van der Waals surface area (Å²) in [7, 11) is 1.79. The average molecular weight is 279 g/mol. The number of nitrogens with one attached hydrogen (secondary N) is 2. The first-order valence-corrected chi connectivity index (χ1v) is 6.76. The molecular formula is C13H27ClN2O2. The third-order valence-corrected chi connectivity index (χ3v) is 3.59. The largest absolute Gasteiger partial charge is 0.378 e. The molecule has 0 aromatic heterocycles. The number of carbonyl (C=O) groups is 1. The summed E-state index contributed by atoms with van der Waals surface area (Å²) < 4.78 is 5.83. The van der Waals surface area contributed by atoms with E-state index in [1.54, 1.807) is 7.05 Å². The number of carbonyl (C=O) groups excluding carboxylic acids is 1. The lowest BCUT2D eigenvalue weighted by atomic mass is 9.89. The lowest BCUT2D eigenvalue weighted by Gasteiger charge is -2.34. The van der Waals surface area contributed by atoms with Gasteiger partial charge in [0.2, 0.25) is 5.91 Å². The van der Waals surface area contributed by atoms with Crippen molar-refractivity contribution < 1.29 is 9.53 Å². The molecule has 0 aliphatic carbocycles. The van der Waals surface area contributed by atoms with E-state index >= 15 is 0 Å². The first-order valence-electron chi connectivity index (χ1n) is 6.76. The zero-order chi connectivity index (χ0) is 12.7. The number of rotatable bonds is 6. The number of amides is 1. The number of hydrogen-bond donors (Lipinski definition) is 2. The summed E-state index contributed by atoms with van der Waals surface area (Å²) in [4.78, 5) is 11.5. The fraction of sp³-hybridized carbons (Fsp3) is 0.923. The van der Waals surface area contributed by atoms with Gasteiger partial charge < -0.3 is 15.4 Å². The summed E-state index contributed by atoms with van der Waals surface area (Å²) >= 11 is 0. The second-order valence-corrected chi connectivity index (χ2v) is 4.80. The molecule has 2 atom stereocenters. The van der Waals surface area contributed by atoms with Crippen molar-refractivity contribution in [2.24, 2.45) is 5.92 Å². The molecule has 0 aromatic rings. The van der Waals surface area contributed by atoms with Gasteiger partial charge >= 0.3 is 0 Å². The van der Waals surface area contributed by atoms with Crippen molar-refractivity contribution >= 4 is 18.3 Å². The molecule has 1 rings (SSSR count). The summed E-state index contributed by atoms with van der Waals surface area (Å²) in [5, 5.41) is 5.94. The van der Waals surface area contributed by atoms with Crippen molar-refractivity contribution in [3.05, 3.63) is 0 Å². The Morgan fingerprint density at radius 1 is 1.39 bits per heavy atom. The number of ether oxygens (including phenoxy) is 1. The first kappa shape index (κ1) is 17.7. The Hall–Kier alpha value is -0.320. The molecule has 108 valence electrons. The molecule has 0 bridgehead atoms. The predicted molar refractivity (Wildman–Crippen MR) is 76.2 cm³/mol. The van der Waals surface area contributed by atoms with E-state index in [4.69, 9.17) is 4.74 Å². The van der Waals surface area contributed by atoms with Gasteiger partial charge in [-0.05, 0) is 25.8 Å². The lowest BCUT2D eigenvalue weighted by Crippen LogP contribution is -2.46. The van der Waals surface area contributed by atoms with Gasteiger partial charge in [0.1, 0.15) is 0 Å². The minimum absolute atomic E-state index is 0. The van der Waals surface area contributed by atoms with E-state index in [1.807, 2.05) is 0 Å². The fourth-order valence-corrected chi connectivity index (χ4v) is 2.54. The van der Waals surface area contributed by atoms with E-state index in [2.05, 4.69) is 24.5 Å². The van der Waals surface area contributed by atoms with E-state index in [-0.39, 0.29) is 24.4 Å². The molecule has 1 aliphatic rings. The SMILES string of the molecule is CCC(CC)C1CC(NC(=O)CNC)CCO1.Cl. The van der Waals surface area contributed by atoms with Crippen LogP contribution in [0.3, 0.4) is 0 Å². The van der Waals surface area contributed by atoms with E-state index in [0.717, 1.165) is 32.3 Å². The molecule has 0 radical (unpaired) electrons. The van der Waals surface area contributed by atoms with Crippen molar-refractivity contribution in [3.8, 4) is 0 Å². The Balaban J connectivity index is 0.00000289. The van der Waals surface area contributed by atoms with Gasteiger partial charge in [0.05, 0.1) is 12.6 Å². The van der Waals surface area contributed by atoms with E-state index in [0.29, 0.717) is 18.6 Å². The van der Waals surface area contributed by atoms with Gasteiger partial charge in [-0.2, -0.15) is 0 Å². The van der Waals surface area contributed by atoms with E-state index in [1.165, 1.54) is 0 Å².